The van der Waals surface area contributed by atoms with Gasteiger partial charge in [-0.1, -0.05) is 59.8 Å². The third-order valence-corrected chi connectivity index (χ3v) is 5.68. The maximum absolute atomic E-state index is 11.8. The van der Waals surface area contributed by atoms with Crippen LogP contribution < -0.4 is 0 Å². The van der Waals surface area contributed by atoms with E-state index in [1.165, 1.54) is 18.1 Å². The monoisotopic (exact) mass is 398 g/mol. The van der Waals surface area contributed by atoms with Gasteiger partial charge in [-0.05, 0) is 43.5 Å². The number of benzene rings is 2. The van der Waals surface area contributed by atoms with Crippen LogP contribution in [0.25, 0.3) is 0 Å². The zero-order valence-corrected chi connectivity index (χ0v) is 17.3. The molecular formula is C23H26O4S. The summed E-state index contributed by atoms with van der Waals surface area (Å²) in [7, 11) is 1.62. The number of aryl methyl sites for hydroxylation is 2. The molecule has 2 aromatic carbocycles. The van der Waals surface area contributed by atoms with Crippen LogP contribution in [0.2, 0.25) is 0 Å². The van der Waals surface area contributed by atoms with Gasteiger partial charge in [0.2, 0.25) is 0 Å². The predicted molar refractivity (Wildman–Crippen MR) is 111 cm³/mol. The molecule has 0 aliphatic carbocycles. The summed E-state index contributed by atoms with van der Waals surface area (Å²) in [6.07, 6.45) is 2.29. The molecule has 28 heavy (non-hydrogen) atoms. The standard InChI is InChI=1S/C23H26O4S/c1-16-9-12-19(13-10-16)28-21-15-22(25-3)27-20(23(21)26-17(2)24)14-11-18-7-5-4-6-8-18/h4-10,12-13,15,20,22-23H,11,14H2,1-3H3/t20-,22?,23+/m0/s1. The van der Waals surface area contributed by atoms with Gasteiger partial charge in [0.15, 0.2) is 12.4 Å². The predicted octanol–water partition coefficient (Wildman–Crippen LogP) is 4.91. The van der Waals surface area contributed by atoms with Crippen molar-refractivity contribution in [3.8, 4) is 0 Å². The number of ether oxygens (including phenoxy) is 3. The Hall–Kier alpha value is -2.08. The van der Waals surface area contributed by atoms with Crippen molar-refractivity contribution in [2.45, 2.75) is 50.1 Å². The zero-order chi connectivity index (χ0) is 19.9. The number of hydrogen-bond acceptors (Lipinski definition) is 5. The third kappa shape index (κ3) is 5.71. The second-order valence-electron chi connectivity index (χ2n) is 6.82. The van der Waals surface area contributed by atoms with Gasteiger partial charge in [-0.2, -0.15) is 0 Å². The van der Waals surface area contributed by atoms with Gasteiger partial charge in [0.05, 0.1) is 0 Å². The van der Waals surface area contributed by atoms with Crippen LogP contribution in [0, 0.1) is 6.92 Å². The molecule has 1 aliphatic rings. The van der Waals surface area contributed by atoms with E-state index in [0.29, 0.717) is 0 Å². The summed E-state index contributed by atoms with van der Waals surface area (Å²) >= 11 is 1.59. The van der Waals surface area contributed by atoms with E-state index in [2.05, 4.69) is 43.3 Å². The Kier molecular flexibility index (Phi) is 7.31. The minimum atomic E-state index is -0.458. The number of esters is 1. The highest BCUT2D eigenvalue weighted by atomic mass is 32.2. The molecule has 148 valence electrons. The number of methoxy groups -OCH3 is 1. The lowest BCUT2D eigenvalue weighted by atomic mass is 10.0. The summed E-state index contributed by atoms with van der Waals surface area (Å²) in [5.41, 5.74) is 2.43. The molecule has 0 saturated carbocycles. The third-order valence-electron chi connectivity index (χ3n) is 4.57. The summed E-state index contributed by atoms with van der Waals surface area (Å²) in [4.78, 5) is 13.8. The van der Waals surface area contributed by atoms with Crippen molar-refractivity contribution in [2.75, 3.05) is 7.11 Å². The van der Waals surface area contributed by atoms with Gasteiger partial charge < -0.3 is 14.2 Å². The Morgan fingerprint density at radius 3 is 2.46 bits per heavy atom. The highest BCUT2D eigenvalue weighted by Gasteiger charge is 2.35. The van der Waals surface area contributed by atoms with Crippen LogP contribution in [0.4, 0.5) is 0 Å². The van der Waals surface area contributed by atoms with Crippen LogP contribution in [0.1, 0.15) is 24.5 Å². The smallest absolute Gasteiger partial charge is 0.303 e. The molecule has 5 heteroatoms. The fourth-order valence-electron chi connectivity index (χ4n) is 3.14. The fraction of sp³-hybridized carbons (Fsp3) is 0.348. The molecule has 0 spiro atoms. The van der Waals surface area contributed by atoms with Gasteiger partial charge in [-0.15, -0.1) is 0 Å². The van der Waals surface area contributed by atoms with Crippen LogP contribution in [0.3, 0.4) is 0 Å². The first-order chi connectivity index (χ1) is 13.5. The molecule has 0 bridgehead atoms. The number of carbonyl (C=O) groups excluding carboxylic acids is 1. The average molecular weight is 399 g/mol. The molecule has 3 rings (SSSR count). The lowest BCUT2D eigenvalue weighted by molar-refractivity contribution is -0.179. The Bertz CT molecular complexity index is 801. The maximum atomic E-state index is 11.8. The second-order valence-corrected chi connectivity index (χ2v) is 7.96. The molecule has 0 N–H and O–H groups in total. The van der Waals surface area contributed by atoms with Gasteiger partial charge in [-0.25, -0.2) is 0 Å². The van der Waals surface area contributed by atoms with E-state index >= 15 is 0 Å². The Morgan fingerprint density at radius 1 is 1.11 bits per heavy atom. The molecule has 0 aromatic heterocycles. The van der Waals surface area contributed by atoms with E-state index < -0.39 is 12.4 Å². The van der Waals surface area contributed by atoms with Gasteiger partial charge in [0.1, 0.15) is 6.10 Å². The van der Waals surface area contributed by atoms with Crippen molar-refractivity contribution < 1.29 is 19.0 Å². The normalized spacial score (nSPS) is 21.8. The summed E-state index contributed by atoms with van der Waals surface area (Å²) in [6, 6.07) is 18.5. The van der Waals surface area contributed by atoms with Crippen molar-refractivity contribution in [3.63, 3.8) is 0 Å². The molecule has 0 saturated heterocycles. The molecule has 0 radical (unpaired) electrons. The minimum Gasteiger partial charge on any atom is -0.454 e. The fourth-order valence-corrected chi connectivity index (χ4v) is 4.18. The van der Waals surface area contributed by atoms with Crippen LogP contribution in [-0.2, 0) is 25.4 Å². The van der Waals surface area contributed by atoms with E-state index in [4.69, 9.17) is 14.2 Å². The van der Waals surface area contributed by atoms with Crippen molar-refractivity contribution >= 4 is 17.7 Å². The molecule has 1 unspecified atom stereocenters. The quantitative estimate of drug-likeness (QED) is 0.620. The van der Waals surface area contributed by atoms with Gasteiger partial charge >= 0.3 is 5.97 Å². The first-order valence-electron chi connectivity index (χ1n) is 9.41. The number of thioether (sulfide) groups is 1. The summed E-state index contributed by atoms with van der Waals surface area (Å²) in [5.74, 6) is -0.315. The Labute approximate surface area is 170 Å². The van der Waals surface area contributed by atoms with Crippen molar-refractivity contribution in [1.29, 1.82) is 0 Å². The molecule has 1 heterocycles. The van der Waals surface area contributed by atoms with Crippen LogP contribution in [-0.4, -0.2) is 31.6 Å². The molecule has 0 fully saturated rings. The van der Waals surface area contributed by atoms with E-state index in [9.17, 15) is 4.79 Å². The van der Waals surface area contributed by atoms with Gasteiger partial charge in [-0.3, -0.25) is 4.79 Å². The van der Waals surface area contributed by atoms with Crippen molar-refractivity contribution in [1.82, 2.24) is 0 Å². The van der Waals surface area contributed by atoms with E-state index in [1.54, 1.807) is 18.9 Å². The zero-order valence-electron chi connectivity index (χ0n) is 16.5. The maximum Gasteiger partial charge on any atom is 0.303 e. The topological polar surface area (TPSA) is 44.8 Å². The van der Waals surface area contributed by atoms with Crippen LogP contribution in [0.5, 0.6) is 0 Å². The van der Waals surface area contributed by atoms with E-state index in [-0.39, 0.29) is 12.1 Å². The van der Waals surface area contributed by atoms with Crippen molar-refractivity contribution in [2.24, 2.45) is 0 Å². The molecule has 4 nitrogen and oxygen atoms in total. The lowest BCUT2D eigenvalue weighted by Gasteiger charge is -2.35. The molecule has 3 atom stereocenters. The van der Waals surface area contributed by atoms with E-state index in [0.717, 1.165) is 22.6 Å². The highest BCUT2D eigenvalue weighted by Crippen LogP contribution is 2.37. The summed E-state index contributed by atoms with van der Waals surface area (Å²) in [5, 5.41) is 0. The first kappa shape index (κ1) is 20.6. The molecule has 0 amide bonds. The lowest BCUT2D eigenvalue weighted by Crippen LogP contribution is -2.41. The van der Waals surface area contributed by atoms with Crippen LogP contribution in [0.15, 0.2) is 70.5 Å². The summed E-state index contributed by atoms with van der Waals surface area (Å²) in [6.45, 7) is 3.50. The summed E-state index contributed by atoms with van der Waals surface area (Å²) < 4.78 is 17.2. The number of carbonyl (C=O) groups is 1. The van der Waals surface area contributed by atoms with Gasteiger partial charge in [0.25, 0.3) is 0 Å². The molecule has 2 aromatic rings. The molecular weight excluding hydrogens is 372 g/mol. The highest BCUT2D eigenvalue weighted by molar-refractivity contribution is 8.03. The number of hydrogen-bond donors (Lipinski definition) is 0. The second kappa shape index (κ2) is 9.92. The number of rotatable bonds is 7. The van der Waals surface area contributed by atoms with Gasteiger partial charge in [0, 0.05) is 23.8 Å². The molecule has 1 aliphatic heterocycles. The minimum absolute atomic E-state index is 0.271. The largest absolute Gasteiger partial charge is 0.454 e. The first-order valence-corrected chi connectivity index (χ1v) is 10.2. The Balaban J connectivity index is 1.80. The Morgan fingerprint density at radius 2 is 1.82 bits per heavy atom. The average Bonchev–Trinajstić information content (AvgIpc) is 2.70. The van der Waals surface area contributed by atoms with E-state index in [1.807, 2.05) is 24.3 Å². The van der Waals surface area contributed by atoms with Crippen LogP contribution >= 0.6 is 11.8 Å². The van der Waals surface area contributed by atoms with Crippen molar-refractivity contribution in [3.05, 3.63) is 76.7 Å². The SMILES string of the molecule is COC1C=C(Sc2ccc(C)cc2)[C@H](OC(C)=O)[C@H](CCc2ccccc2)O1.